The van der Waals surface area contributed by atoms with Crippen LogP contribution < -0.4 is 20.1 Å². The average molecular weight is 368 g/mol. The van der Waals surface area contributed by atoms with Crippen LogP contribution in [-0.2, 0) is 9.59 Å². The molecule has 2 unspecified atom stereocenters. The number of nitrogens with one attached hydrogen (secondary N) is 2. The van der Waals surface area contributed by atoms with Crippen molar-refractivity contribution in [2.24, 2.45) is 11.8 Å². The highest BCUT2D eigenvalue weighted by Gasteiger charge is 2.48. The molecule has 1 saturated carbocycles. The lowest BCUT2D eigenvalue weighted by molar-refractivity contribution is -0.122. The number of ether oxygens (including phenoxy) is 2. The standard InChI is InChI=1S/C21H24N2O4/c1-13(2)27-19-10-5-4-9-18(19)23-21(25)17-12-16(17)20(24)22-14-7-6-8-15(11-14)26-3/h4-11,13,16-17H,12H2,1-3H3,(H,22,24)(H,23,25). The summed E-state index contributed by atoms with van der Waals surface area (Å²) in [6, 6.07) is 14.4. The molecular formula is C21H24N2O4. The SMILES string of the molecule is COc1cccc(NC(=O)C2CC2C(=O)Nc2ccccc2OC(C)C)c1. The van der Waals surface area contributed by atoms with E-state index in [1.54, 1.807) is 37.4 Å². The Bertz CT molecular complexity index is 834. The van der Waals surface area contributed by atoms with Crippen LogP contribution in [0.4, 0.5) is 11.4 Å². The second-order valence-electron chi connectivity index (χ2n) is 6.82. The summed E-state index contributed by atoms with van der Waals surface area (Å²) < 4.78 is 10.9. The molecule has 6 nitrogen and oxygen atoms in total. The van der Waals surface area contributed by atoms with Crippen molar-refractivity contribution in [3.8, 4) is 11.5 Å². The van der Waals surface area contributed by atoms with Crippen molar-refractivity contribution in [1.82, 2.24) is 0 Å². The number of hydrogen-bond donors (Lipinski definition) is 2. The van der Waals surface area contributed by atoms with Crippen molar-refractivity contribution < 1.29 is 19.1 Å². The Morgan fingerprint density at radius 2 is 1.70 bits per heavy atom. The van der Waals surface area contributed by atoms with Gasteiger partial charge in [-0.15, -0.1) is 0 Å². The van der Waals surface area contributed by atoms with E-state index >= 15 is 0 Å². The minimum atomic E-state index is -0.331. The molecule has 0 aliphatic heterocycles. The third-order valence-electron chi connectivity index (χ3n) is 4.31. The summed E-state index contributed by atoms with van der Waals surface area (Å²) in [5, 5.41) is 5.72. The third-order valence-corrected chi connectivity index (χ3v) is 4.31. The Balaban J connectivity index is 1.58. The zero-order chi connectivity index (χ0) is 19.4. The molecule has 0 radical (unpaired) electrons. The summed E-state index contributed by atoms with van der Waals surface area (Å²) in [6.45, 7) is 3.86. The molecule has 2 aromatic rings. The summed E-state index contributed by atoms with van der Waals surface area (Å²) in [5.74, 6) is 0.311. The normalized spacial score (nSPS) is 17.9. The summed E-state index contributed by atoms with van der Waals surface area (Å²) in [4.78, 5) is 24.9. The number of amides is 2. The van der Waals surface area contributed by atoms with Crippen LogP contribution in [0.5, 0.6) is 11.5 Å². The summed E-state index contributed by atoms with van der Waals surface area (Å²) in [6.07, 6.45) is 0.542. The number of para-hydroxylation sites is 2. The number of carbonyl (C=O) groups is 2. The summed E-state index contributed by atoms with van der Waals surface area (Å²) in [5.41, 5.74) is 1.27. The first kappa shape index (κ1) is 18.8. The van der Waals surface area contributed by atoms with Crippen LogP contribution in [0.3, 0.4) is 0 Å². The molecule has 142 valence electrons. The molecular weight excluding hydrogens is 344 g/mol. The fourth-order valence-electron chi connectivity index (χ4n) is 2.86. The number of anilines is 2. The van der Waals surface area contributed by atoms with E-state index in [-0.39, 0.29) is 29.8 Å². The Labute approximate surface area is 158 Å². The first-order valence-corrected chi connectivity index (χ1v) is 8.99. The predicted molar refractivity (Wildman–Crippen MR) is 104 cm³/mol. The molecule has 27 heavy (non-hydrogen) atoms. The van der Waals surface area contributed by atoms with Crippen molar-refractivity contribution in [2.45, 2.75) is 26.4 Å². The van der Waals surface area contributed by atoms with Gasteiger partial charge in [-0.1, -0.05) is 18.2 Å². The van der Waals surface area contributed by atoms with Gasteiger partial charge in [-0.3, -0.25) is 9.59 Å². The van der Waals surface area contributed by atoms with Crippen LogP contribution in [0.1, 0.15) is 20.3 Å². The van der Waals surface area contributed by atoms with Crippen LogP contribution in [-0.4, -0.2) is 25.0 Å². The maximum absolute atomic E-state index is 12.5. The molecule has 0 bridgehead atoms. The van der Waals surface area contributed by atoms with Gasteiger partial charge < -0.3 is 20.1 Å². The van der Waals surface area contributed by atoms with Crippen molar-refractivity contribution in [2.75, 3.05) is 17.7 Å². The largest absolute Gasteiger partial charge is 0.497 e. The van der Waals surface area contributed by atoms with Crippen molar-refractivity contribution >= 4 is 23.2 Å². The summed E-state index contributed by atoms with van der Waals surface area (Å²) in [7, 11) is 1.57. The summed E-state index contributed by atoms with van der Waals surface area (Å²) >= 11 is 0. The zero-order valence-electron chi connectivity index (χ0n) is 15.7. The number of methoxy groups -OCH3 is 1. The Hall–Kier alpha value is -3.02. The molecule has 1 fully saturated rings. The Morgan fingerprint density at radius 1 is 1.00 bits per heavy atom. The number of benzene rings is 2. The first-order valence-electron chi connectivity index (χ1n) is 8.99. The van der Waals surface area contributed by atoms with Gasteiger partial charge in [0.05, 0.1) is 30.7 Å². The van der Waals surface area contributed by atoms with Gasteiger partial charge in [0.25, 0.3) is 0 Å². The average Bonchev–Trinajstić information content (AvgIpc) is 3.44. The van der Waals surface area contributed by atoms with Gasteiger partial charge in [0.2, 0.25) is 11.8 Å². The van der Waals surface area contributed by atoms with Crippen molar-refractivity contribution in [3.63, 3.8) is 0 Å². The molecule has 2 N–H and O–H groups in total. The number of rotatable bonds is 7. The monoisotopic (exact) mass is 368 g/mol. The van der Waals surface area contributed by atoms with Crippen LogP contribution in [0.2, 0.25) is 0 Å². The quantitative estimate of drug-likeness (QED) is 0.781. The predicted octanol–water partition coefficient (Wildman–Crippen LogP) is 3.70. The molecule has 3 rings (SSSR count). The molecule has 6 heteroatoms. The van der Waals surface area contributed by atoms with Crippen LogP contribution in [0, 0.1) is 11.8 Å². The molecule has 2 atom stereocenters. The third kappa shape index (κ3) is 4.78. The molecule has 0 saturated heterocycles. The van der Waals surface area contributed by atoms with Gasteiger partial charge in [0, 0.05) is 11.8 Å². The first-order chi connectivity index (χ1) is 13.0. The molecule has 0 spiro atoms. The fourth-order valence-corrected chi connectivity index (χ4v) is 2.86. The fraction of sp³-hybridized carbons (Fsp3) is 0.333. The molecule has 0 aromatic heterocycles. The smallest absolute Gasteiger partial charge is 0.228 e. The van der Waals surface area contributed by atoms with Gasteiger partial charge in [-0.25, -0.2) is 0 Å². The van der Waals surface area contributed by atoms with Gasteiger partial charge in [0.15, 0.2) is 0 Å². The van der Waals surface area contributed by atoms with Gasteiger partial charge >= 0.3 is 0 Å². The van der Waals surface area contributed by atoms with Gasteiger partial charge in [-0.2, -0.15) is 0 Å². The van der Waals surface area contributed by atoms with Crippen LogP contribution in [0.25, 0.3) is 0 Å². The molecule has 1 aliphatic rings. The lowest BCUT2D eigenvalue weighted by Gasteiger charge is -2.14. The molecule has 2 aromatic carbocycles. The minimum Gasteiger partial charge on any atom is -0.497 e. The number of carbonyl (C=O) groups excluding carboxylic acids is 2. The van der Waals surface area contributed by atoms with E-state index in [0.29, 0.717) is 29.3 Å². The maximum atomic E-state index is 12.5. The molecule has 2 amide bonds. The second kappa shape index (κ2) is 8.12. The van der Waals surface area contributed by atoms with Crippen molar-refractivity contribution in [3.05, 3.63) is 48.5 Å². The second-order valence-corrected chi connectivity index (χ2v) is 6.82. The lowest BCUT2D eigenvalue weighted by Crippen LogP contribution is -2.21. The van der Waals surface area contributed by atoms with E-state index in [0.717, 1.165) is 0 Å². The Morgan fingerprint density at radius 3 is 2.41 bits per heavy atom. The van der Waals surface area contributed by atoms with E-state index in [1.165, 1.54) is 0 Å². The van der Waals surface area contributed by atoms with E-state index in [4.69, 9.17) is 9.47 Å². The van der Waals surface area contributed by atoms with Crippen molar-refractivity contribution in [1.29, 1.82) is 0 Å². The number of hydrogen-bond acceptors (Lipinski definition) is 4. The highest BCUT2D eigenvalue weighted by molar-refractivity contribution is 6.03. The highest BCUT2D eigenvalue weighted by Crippen LogP contribution is 2.41. The molecule has 1 aliphatic carbocycles. The minimum absolute atomic E-state index is 0.00497. The Kier molecular flexibility index (Phi) is 5.64. The maximum Gasteiger partial charge on any atom is 0.228 e. The highest BCUT2D eigenvalue weighted by atomic mass is 16.5. The molecule has 0 heterocycles. The van der Waals surface area contributed by atoms with Gasteiger partial charge in [0.1, 0.15) is 11.5 Å². The van der Waals surface area contributed by atoms with E-state index in [1.807, 2.05) is 32.0 Å². The van der Waals surface area contributed by atoms with Crippen LogP contribution in [0.15, 0.2) is 48.5 Å². The van der Waals surface area contributed by atoms with E-state index in [9.17, 15) is 9.59 Å². The zero-order valence-corrected chi connectivity index (χ0v) is 15.7. The lowest BCUT2D eigenvalue weighted by atomic mass is 10.2. The van der Waals surface area contributed by atoms with Gasteiger partial charge in [-0.05, 0) is 44.5 Å². The van der Waals surface area contributed by atoms with E-state index in [2.05, 4.69) is 10.6 Å². The van der Waals surface area contributed by atoms with Crippen LogP contribution >= 0.6 is 0 Å². The topological polar surface area (TPSA) is 76.7 Å². The van der Waals surface area contributed by atoms with E-state index < -0.39 is 0 Å².